The number of rotatable bonds is 4. The van der Waals surface area contributed by atoms with E-state index in [1.807, 2.05) is 6.92 Å². The van der Waals surface area contributed by atoms with E-state index in [1.54, 1.807) is 4.90 Å². The van der Waals surface area contributed by atoms with Crippen LogP contribution in [0, 0.1) is 5.92 Å². The van der Waals surface area contributed by atoms with Crippen LogP contribution in [-0.4, -0.2) is 53.8 Å². The Morgan fingerprint density at radius 2 is 2.22 bits per heavy atom. The summed E-state index contributed by atoms with van der Waals surface area (Å²) in [7, 11) is 0. The Morgan fingerprint density at radius 3 is 2.78 bits per heavy atom. The molecular weight excluding hydrogens is 236 g/mol. The van der Waals surface area contributed by atoms with E-state index >= 15 is 0 Å². The van der Waals surface area contributed by atoms with Crippen molar-refractivity contribution in [2.24, 2.45) is 5.92 Å². The van der Waals surface area contributed by atoms with Crippen molar-refractivity contribution >= 4 is 12.0 Å². The Bertz CT molecular complexity index is 322. The largest absolute Gasteiger partial charge is 0.481 e. The second kappa shape index (κ2) is 5.56. The van der Waals surface area contributed by atoms with Crippen LogP contribution in [0.15, 0.2) is 0 Å². The fraction of sp³-hybridized carbons (Fsp3) is 0.833. The molecule has 2 amide bonds. The first kappa shape index (κ1) is 13.1. The standard InChI is InChI=1S/C12H20N2O4/c1-8(10-3-2-4-18-10)13-12(17)14-6-9(7-14)5-11(15)16/h8-10H,2-7H2,1H3,(H,13,17)(H,15,16). The summed E-state index contributed by atoms with van der Waals surface area (Å²) < 4.78 is 5.51. The SMILES string of the molecule is CC(NC(=O)N1CC(CC(=O)O)C1)C1CCCO1. The molecule has 0 aromatic carbocycles. The molecule has 0 bridgehead atoms. The van der Waals surface area contributed by atoms with Crippen molar-refractivity contribution in [2.45, 2.75) is 38.3 Å². The molecule has 2 atom stereocenters. The lowest BCUT2D eigenvalue weighted by molar-refractivity contribution is -0.139. The van der Waals surface area contributed by atoms with Crippen LogP contribution in [0.4, 0.5) is 4.79 Å². The molecule has 6 heteroatoms. The zero-order valence-corrected chi connectivity index (χ0v) is 10.6. The van der Waals surface area contributed by atoms with E-state index in [4.69, 9.17) is 9.84 Å². The number of carboxylic acids is 1. The van der Waals surface area contributed by atoms with Gasteiger partial charge in [0.1, 0.15) is 0 Å². The Morgan fingerprint density at radius 1 is 1.50 bits per heavy atom. The van der Waals surface area contributed by atoms with Gasteiger partial charge in [-0.2, -0.15) is 0 Å². The summed E-state index contributed by atoms with van der Waals surface area (Å²) in [6.07, 6.45) is 2.30. The Hall–Kier alpha value is -1.30. The first-order valence-corrected chi connectivity index (χ1v) is 6.45. The van der Waals surface area contributed by atoms with Gasteiger partial charge in [-0.3, -0.25) is 4.79 Å². The predicted molar refractivity (Wildman–Crippen MR) is 64.3 cm³/mol. The number of hydrogen-bond acceptors (Lipinski definition) is 3. The Balaban J connectivity index is 1.68. The second-order valence-electron chi connectivity index (χ2n) is 5.16. The molecule has 2 heterocycles. The lowest BCUT2D eigenvalue weighted by Gasteiger charge is -2.39. The molecule has 102 valence electrons. The van der Waals surface area contributed by atoms with Crippen molar-refractivity contribution in [3.63, 3.8) is 0 Å². The van der Waals surface area contributed by atoms with E-state index < -0.39 is 5.97 Å². The van der Waals surface area contributed by atoms with Gasteiger partial charge >= 0.3 is 12.0 Å². The second-order valence-corrected chi connectivity index (χ2v) is 5.16. The highest BCUT2D eigenvalue weighted by Gasteiger charge is 2.33. The number of ether oxygens (including phenoxy) is 1. The lowest BCUT2D eigenvalue weighted by atomic mass is 9.97. The third kappa shape index (κ3) is 3.13. The number of amides is 2. The van der Waals surface area contributed by atoms with Gasteiger partial charge < -0.3 is 20.1 Å². The molecule has 2 aliphatic heterocycles. The molecule has 0 saturated carbocycles. The normalized spacial score (nSPS) is 25.6. The van der Waals surface area contributed by atoms with Gasteiger partial charge in [0.15, 0.2) is 0 Å². The summed E-state index contributed by atoms with van der Waals surface area (Å²) in [6, 6.07) is -0.0989. The van der Waals surface area contributed by atoms with Crippen molar-refractivity contribution in [3.05, 3.63) is 0 Å². The van der Waals surface area contributed by atoms with Crippen LogP contribution in [0.2, 0.25) is 0 Å². The quantitative estimate of drug-likeness (QED) is 0.775. The molecule has 0 aromatic heterocycles. The van der Waals surface area contributed by atoms with Gasteiger partial charge in [-0.25, -0.2) is 4.79 Å². The lowest BCUT2D eigenvalue weighted by Crippen LogP contribution is -2.56. The molecule has 2 fully saturated rings. The zero-order chi connectivity index (χ0) is 13.1. The summed E-state index contributed by atoms with van der Waals surface area (Å²) in [5.74, 6) is -0.695. The Labute approximate surface area is 106 Å². The van der Waals surface area contributed by atoms with Crippen LogP contribution in [-0.2, 0) is 9.53 Å². The third-order valence-electron chi connectivity index (χ3n) is 3.58. The molecular formula is C12H20N2O4. The highest BCUT2D eigenvalue weighted by molar-refractivity contribution is 5.76. The number of carbonyl (C=O) groups excluding carboxylic acids is 1. The van der Waals surface area contributed by atoms with Gasteiger partial charge in [0.2, 0.25) is 0 Å². The van der Waals surface area contributed by atoms with Gasteiger partial charge in [-0.1, -0.05) is 0 Å². The monoisotopic (exact) mass is 256 g/mol. The molecule has 18 heavy (non-hydrogen) atoms. The maximum atomic E-state index is 11.8. The van der Waals surface area contributed by atoms with Crippen molar-refractivity contribution < 1.29 is 19.4 Å². The average molecular weight is 256 g/mol. The van der Waals surface area contributed by atoms with Gasteiger partial charge in [0, 0.05) is 25.6 Å². The van der Waals surface area contributed by atoms with Gasteiger partial charge in [-0.15, -0.1) is 0 Å². The number of carbonyl (C=O) groups is 2. The topological polar surface area (TPSA) is 78.9 Å². The van der Waals surface area contributed by atoms with Crippen LogP contribution in [0.5, 0.6) is 0 Å². The maximum Gasteiger partial charge on any atom is 0.317 e. The number of aliphatic carboxylic acids is 1. The molecule has 2 rings (SSSR count). The van der Waals surface area contributed by atoms with E-state index in [0.717, 1.165) is 19.4 Å². The number of carboxylic acid groups (broad SMARTS) is 1. The van der Waals surface area contributed by atoms with Crippen molar-refractivity contribution in [3.8, 4) is 0 Å². The third-order valence-corrected chi connectivity index (χ3v) is 3.58. The average Bonchev–Trinajstić information content (AvgIpc) is 2.75. The molecule has 2 N–H and O–H groups in total. The summed E-state index contributed by atoms with van der Waals surface area (Å²) in [5, 5.41) is 11.5. The van der Waals surface area contributed by atoms with Gasteiger partial charge in [0.05, 0.1) is 18.6 Å². The Kier molecular flexibility index (Phi) is 4.06. The van der Waals surface area contributed by atoms with E-state index in [0.29, 0.717) is 13.1 Å². The minimum Gasteiger partial charge on any atom is -0.481 e. The van der Waals surface area contributed by atoms with Crippen LogP contribution >= 0.6 is 0 Å². The van der Waals surface area contributed by atoms with Crippen molar-refractivity contribution in [1.29, 1.82) is 0 Å². The molecule has 2 aliphatic rings. The number of likely N-dealkylation sites (tertiary alicyclic amines) is 1. The van der Waals surface area contributed by atoms with E-state index in [1.165, 1.54) is 0 Å². The smallest absolute Gasteiger partial charge is 0.317 e. The first-order valence-electron chi connectivity index (χ1n) is 6.45. The number of nitrogens with one attached hydrogen (secondary N) is 1. The summed E-state index contributed by atoms with van der Waals surface area (Å²) in [6.45, 7) is 3.80. The zero-order valence-electron chi connectivity index (χ0n) is 10.6. The molecule has 2 saturated heterocycles. The minimum absolute atomic E-state index is 0.0125. The van der Waals surface area contributed by atoms with Crippen LogP contribution in [0.1, 0.15) is 26.2 Å². The maximum absolute atomic E-state index is 11.8. The van der Waals surface area contributed by atoms with Crippen molar-refractivity contribution in [1.82, 2.24) is 10.2 Å². The molecule has 0 aliphatic carbocycles. The van der Waals surface area contributed by atoms with E-state index in [-0.39, 0.29) is 30.5 Å². The molecule has 0 radical (unpaired) electrons. The minimum atomic E-state index is -0.798. The van der Waals surface area contributed by atoms with E-state index in [9.17, 15) is 9.59 Å². The molecule has 0 spiro atoms. The number of hydrogen-bond donors (Lipinski definition) is 2. The molecule has 0 aromatic rings. The molecule has 6 nitrogen and oxygen atoms in total. The fourth-order valence-corrected chi connectivity index (χ4v) is 2.49. The van der Waals surface area contributed by atoms with Crippen LogP contribution < -0.4 is 5.32 Å². The van der Waals surface area contributed by atoms with Crippen LogP contribution in [0.25, 0.3) is 0 Å². The fourth-order valence-electron chi connectivity index (χ4n) is 2.49. The predicted octanol–water partition coefficient (Wildman–Crippen LogP) is 0.670. The highest BCUT2D eigenvalue weighted by Crippen LogP contribution is 2.20. The van der Waals surface area contributed by atoms with Gasteiger partial charge in [0.25, 0.3) is 0 Å². The molecule has 2 unspecified atom stereocenters. The summed E-state index contributed by atoms with van der Waals surface area (Å²) in [4.78, 5) is 24.0. The first-order chi connectivity index (χ1) is 8.56. The number of urea groups is 1. The van der Waals surface area contributed by atoms with E-state index in [2.05, 4.69) is 5.32 Å². The van der Waals surface area contributed by atoms with Crippen molar-refractivity contribution in [2.75, 3.05) is 19.7 Å². The van der Waals surface area contributed by atoms with Crippen LogP contribution in [0.3, 0.4) is 0 Å². The highest BCUT2D eigenvalue weighted by atomic mass is 16.5. The van der Waals surface area contributed by atoms with Gasteiger partial charge in [-0.05, 0) is 19.8 Å². The summed E-state index contributed by atoms with van der Waals surface area (Å²) in [5.41, 5.74) is 0. The summed E-state index contributed by atoms with van der Waals surface area (Å²) >= 11 is 0. The number of nitrogens with zero attached hydrogens (tertiary/aromatic N) is 1.